The van der Waals surface area contributed by atoms with E-state index >= 15 is 0 Å². The van der Waals surface area contributed by atoms with E-state index in [0.717, 1.165) is 59.9 Å². The number of nitrogens with one attached hydrogen (secondary N) is 1. The molecule has 1 N–H and O–H groups in total. The summed E-state index contributed by atoms with van der Waals surface area (Å²) in [5.74, 6) is -0.0373. The monoisotopic (exact) mass is 1300 g/mol. The SMILES string of the molecule is CCCCCCCCCCC/C=C/C[C@@H](OCc1ccccc1)[C@@H](OCc1ccccc1)[C@H](CO[C@H]1O[C@@H]2CO[C@@H](c3ccccc3)O[C@@H]2[C@H](OCc2ccccc2)[C@H]1OCc1ccccc1)NC(=O)CCCCCCCCCCCCCCCCCCCCCCCCC. The first-order valence-corrected chi connectivity index (χ1v) is 38.2. The summed E-state index contributed by atoms with van der Waals surface area (Å²) in [7, 11) is 0. The van der Waals surface area contributed by atoms with Gasteiger partial charge in [0.05, 0.1) is 51.8 Å². The van der Waals surface area contributed by atoms with E-state index in [4.69, 9.17) is 37.9 Å². The fourth-order valence-corrected chi connectivity index (χ4v) is 13.4. The molecule has 524 valence electrons. The standard InChI is InChI=1S/C85H125NO9/c1-3-5-7-9-11-13-15-17-18-19-20-21-22-23-24-25-26-27-29-31-33-35-52-64-79(87)86-76(80(89-66-72-55-43-37-44-56-72)77(88-65-71-53-41-36-42-54-71)63-51-34-32-30-28-16-14-12-10-8-6-4-2)69-92-85-83(91-68-74-59-47-39-48-60-74)82(90-67-73-57-45-38-46-58-73)81-78(94-85)70-93-84(95-81)75-61-49-40-50-62-75/h34,36-51,53-62,76-78,80-85H,3-33,35,52,63-70H2,1-2H3,(H,86,87)/b51-34+/t76-,77+,78+,80-,81-,82-,83+,84+,85-/m0/s1. The van der Waals surface area contributed by atoms with E-state index in [1.807, 2.05) is 103 Å². The van der Waals surface area contributed by atoms with Crippen LogP contribution in [0.1, 0.15) is 273 Å². The molecule has 2 aliphatic heterocycles. The number of fused-ring (bicyclic) bond motifs is 1. The van der Waals surface area contributed by atoms with Gasteiger partial charge in [-0.3, -0.25) is 4.79 Å². The van der Waals surface area contributed by atoms with E-state index in [-0.39, 0.29) is 25.7 Å². The summed E-state index contributed by atoms with van der Waals surface area (Å²) in [5, 5.41) is 3.52. The molecular weight excluding hydrogens is 1180 g/mol. The summed E-state index contributed by atoms with van der Waals surface area (Å²) in [6.07, 6.45) is 43.4. The molecule has 5 aromatic rings. The highest BCUT2D eigenvalue weighted by molar-refractivity contribution is 5.76. The molecule has 0 radical (unpaired) electrons. The first kappa shape index (κ1) is 77.3. The molecule has 0 spiro atoms. The second-order valence-corrected chi connectivity index (χ2v) is 27.2. The fourth-order valence-electron chi connectivity index (χ4n) is 13.4. The molecule has 0 saturated carbocycles. The zero-order valence-corrected chi connectivity index (χ0v) is 59.0. The number of hydrogen-bond donors (Lipinski definition) is 1. The van der Waals surface area contributed by atoms with Gasteiger partial charge in [0.15, 0.2) is 12.6 Å². The van der Waals surface area contributed by atoms with Gasteiger partial charge >= 0.3 is 0 Å². The van der Waals surface area contributed by atoms with E-state index in [0.29, 0.717) is 32.7 Å². The van der Waals surface area contributed by atoms with Crippen LogP contribution in [0.5, 0.6) is 0 Å². The number of unbranched alkanes of at least 4 members (excludes halogenated alkanes) is 31. The normalized spacial score (nSPS) is 19.0. The molecule has 0 aromatic heterocycles. The highest BCUT2D eigenvalue weighted by Gasteiger charge is 2.52. The second-order valence-electron chi connectivity index (χ2n) is 27.2. The third kappa shape index (κ3) is 32.5. The van der Waals surface area contributed by atoms with Crippen LogP contribution >= 0.6 is 0 Å². The molecular formula is C85H125NO9. The Morgan fingerprint density at radius 3 is 1.31 bits per heavy atom. The van der Waals surface area contributed by atoms with Gasteiger partial charge in [-0.2, -0.15) is 0 Å². The summed E-state index contributed by atoms with van der Waals surface area (Å²) >= 11 is 0. The average Bonchev–Trinajstić information content (AvgIpc) is 0.785. The molecule has 10 nitrogen and oxygen atoms in total. The van der Waals surface area contributed by atoms with Crippen LogP contribution in [0.15, 0.2) is 164 Å². The summed E-state index contributed by atoms with van der Waals surface area (Å²) < 4.78 is 55.9. The van der Waals surface area contributed by atoms with Crippen LogP contribution in [0, 0.1) is 0 Å². The lowest BCUT2D eigenvalue weighted by atomic mass is 9.96. The Bertz CT molecular complexity index is 2630. The van der Waals surface area contributed by atoms with Gasteiger partial charge in [0.2, 0.25) is 5.91 Å². The third-order valence-corrected chi connectivity index (χ3v) is 19.1. The molecule has 0 unspecified atom stereocenters. The predicted octanol–water partition coefficient (Wildman–Crippen LogP) is 21.9. The minimum Gasteiger partial charge on any atom is -0.370 e. The zero-order valence-electron chi connectivity index (χ0n) is 59.0. The summed E-state index contributed by atoms with van der Waals surface area (Å²) in [4.78, 5) is 14.7. The molecule has 95 heavy (non-hydrogen) atoms. The number of rotatable bonds is 55. The van der Waals surface area contributed by atoms with Crippen molar-refractivity contribution in [1.82, 2.24) is 5.32 Å². The average molecular weight is 1300 g/mol. The fraction of sp³-hybridized carbons (Fsp3) is 0.612. The van der Waals surface area contributed by atoms with Crippen molar-refractivity contribution in [2.75, 3.05) is 13.2 Å². The quantitative estimate of drug-likeness (QED) is 0.0301. The van der Waals surface area contributed by atoms with Crippen molar-refractivity contribution in [2.24, 2.45) is 0 Å². The molecule has 7 rings (SSSR count). The summed E-state index contributed by atoms with van der Waals surface area (Å²) in [6.45, 7) is 6.12. The highest BCUT2D eigenvalue weighted by Crippen LogP contribution is 2.38. The Morgan fingerprint density at radius 1 is 0.442 bits per heavy atom. The Morgan fingerprint density at radius 2 is 0.842 bits per heavy atom. The van der Waals surface area contributed by atoms with Gasteiger partial charge in [-0.05, 0) is 47.9 Å². The maximum Gasteiger partial charge on any atom is 0.220 e. The Balaban J connectivity index is 1.03. The second kappa shape index (κ2) is 50.3. The summed E-state index contributed by atoms with van der Waals surface area (Å²) in [5.41, 5.74) is 5.02. The zero-order chi connectivity index (χ0) is 66.1. The predicted molar refractivity (Wildman–Crippen MR) is 389 cm³/mol. The minimum atomic E-state index is -0.959. The van der Waals surface area contributed by atoms with E-state index in [2.05, 4.69) is 79.8 Å². The number of carbonyl (C=O) groups excluding carboxylic acids is 1. The molecule has 1 amide bonds. The molecule has 2 fully saturated rings. The van der Waals surface area contributed by atoms with Crippen molar-refractivity contribution in [3.8, 4) is 0 Å². The Labute approximate surface area is 576 Å². The number of carbonyl (C=O) groups is 1. The minimum absolute atomic E-state index is 0.0327. The number of ether oxygens (including phenoxy) is 8. The number of amides is 1. The van der Waals surface area contributed by atoms with E-state index in [1.54, 1.807) is 0 Å². The smallest absolute Gasteiger partial charge is 0.220 e. The lowest BCUT2D eigenvalue weighted by Crippen LogP contribution is -2.64. The number of benzene rings is 5. The summed E-state index contributed by atoms with van der Waals surface area (Å²) in [6, 6.07) is 50.3. The molecule has 9 atom stereocenters. The van der Waals surface area contributed by atoms with Crippen LogP contribution in [0.4, 0.5) is 0 Å². The largest absolute Gasteiger partial charge is 0.370 e. The lowest BCUT2D eigenvalue weighted by molar-refractivity contribution is -0.373. The van der Waals surface area contributed by atoms with Gasteiger partial charge in [0.25, 0.3) is 0 Å². The topological polar surface area (TPSA) is 103 Å². The van der Waals surface area contributed by atoms with Crippen molar-refractivity contribution in [3.05, 3.63) is 192 Å². The maximum absolute atomic E-state index is 14.7. The van der Waals surface area contributed by atoms with Gasteiger partial charge in [-0.1, -0.05) is 370 Å². The number of allylic oxidation sites excluding steroid dienone is 1. The molecule has 2 aliphatic rings. The van der Waals surface area contributed by atoms with Crippen LogP contribution in [-0.4, -0.2) is 68.1 Å². The molecule has 2 heterocycles. The van der Waals surface area contributed by atoms with E-state index in [9.17, 15) is 4.79 Å². The lowest BCUT2D eigenvalue weighted by Gasteiger charge is -2.49. The van der Waals surface area contributed by atoms with Gasteiger partial charge in [0, 0.05) is 12.0 Å². The first-order valence-electron chi connectivity index (χ1n) is 38.2. The van der Waals surface area contributed by atoms with Crippen LogP contribution < -0.4 is 5.32 Å². The molecule has 5 aromatic carbocycles. The molecule has 0 bridgehead atoms. The molecule has 2 saturated heterocycles. The third-order valence-electron chi connectivity index (χ3n) is 19.1. The van der Waals surface area contributed by atoms with Gasteiger partial charge in [0.1, 0.15) is 30.5 Å². The van der Waals surface area contributed by atoms with Crippen LogP contribution in [0.2, 0.25) is 0 Å². The van der Waals surface area contributed by atoms with E-state index < -0.39 is 55.2 Å². The van der Waals surface area contributed by atoms with Crippen molar-refractivity contribution < 1.29 is 42.7 Å². The van der Waals surface area contributed by atoms with Crippen LogP contribution in [-0.2, 0) is 69.1 Å². The Kier molecular flexibility index (Phi) is 41.0. The van der Waals surface area contributed by atoms with E-state index in [1.165, 1.54) is 180 Å². The van der Waals surface area contributed by atoms with Crippen molar-refractivity contribution in [1.29, 1.82) is 0 Å². The molecule has 10 heteroatoms. The first-order chi connectivity index (χ1) is 47.1. The van der Waals surface area contributed by atoms with Gasteiger partial charge in [-0.15, -0.1) is 0 Å². The van der Waals surface area contributed by atoms with Crippen molar-refractivity contribution in [2.45, 2.75) is 320 Å². The van der Waals surface area contributed by atoms with Crippen molar-refractivity contribution in [3.63, 3.8) is 0 Å². The van der Waals surface area contributed by atoms with Gasteiger partial charge in [-0.25, -0.2) is 0 Å². The molecule has 0 aliphatic carbocycles. The van der Waals surface area contributed by atoms with Gasteiger partial charge < -0.3 is 43.2 Å². The van der Waals surface area contributed by atoms with Crippen LogP contribution in [0.25, 0.3) is 0 Å². The van der Waals surface area contributed by atoms with Crippen molar-refractivity contribution >= 4 is 5.91 Å². The maximum atomic E-state index is 14.7. The van der Waals surface area contributed by atoms with Crippen LogP contribution in [0.3, 0.4) is 0 Å². The Hall–Kier alpha value is -5.01. The number of hydrogen-bond acceptors (Lipinski definition) is 9. The highest BCUT2D eigenvalue weighted by atomic mass is 16.8.